The van der Waals surface area contributed by atoms with Gasteiger partial charge in [0.2, 0.25) is 0 Å². The van der Waals surface area contributed by atoms with Gasteiger partial charge in [0.05, 0.1) is 10.5 Å². The first-order valence-corrected chi connectivity index (χ1v) is 11.5. The number of ether oxygens (including phenoxy) is 1. The Hall–Kier alpha value is -3.79. The number of nitrogens with zero attached hydrogens (tertiary/aromatic N) is 3. The third-order valence-corrected chi connectivity index (χ3v) is 5.88. The molecule has 0 fully saturated rings. The van der Waals surface area contributed by atoms with Crippen molar-refractivity contribution in [1.29, 1.82) is 0 Å². The molecule has 2 heterocycles. The molecule has 0 atom stereocenters. The van der Waals surface area contributed by atoms with Crippen LogP contribution in [-0.4, -0.2) is 36.0 Å². The predicted molar refractivity (Wildman–Crippen MR) is 113 cm³/mol. The quantitative estimate of drug-likeness (QED) is 0.401. The second kappa shape index (κ2) is 8.39. The van der Waals surface area contributed by atoms with E-state index in [0.29, 0.717) is 22.6 Å². The zero-order valence-electron chi connectivity index (χ0n) is 17.5. The van der Waals surface area contributed by atoms with E-state index in [9.17, 15) is 13.2 Å². The van der Waals surface area contributed by atoms with Crippen LogP contribution in [0.15, 0.2) is 62.4 Å². The molecule has 0 N–H and O–H groups in total. The second-order valence-corrected chi connectivity index (χ2v) is 9.17. The minimum Gasteiger partial charge on any atom is -0.452 e. The fourth-order valence-electron chi connectivity index (χ4n) is 3.09. The third-order valence-electron chi connectivity index (χ3n) is 4.77. The van der Waals surface area contributed by atoms with Gasteiger partial charge in [-0.05, 0) is 31.5 Å². The molecule has 0 aliphatic carbocycles. The van der Waals surface area contributed by atoms with E-state index >= 15 is 0 Å². The first-order valence-electron chi connectivity index (χ1n) is 9.56. The summed E-state index contributed by atoms with van der Waals surface area (Å²) in [6, 6.07) is 13.7. The molecule has 10 heteroatoms. The molecule has 0 bridgehead atoms. The van der Waals surface area contributed by atoms with Crippen LogP contribution in [0.1, 0.15) is 27.6 Å². The van der Waals surface area contributed by atoms with Crippen LogP contribution in [0.25, 0.3) is 22.7 Å². The number of carbonyl (C=O) groups excluding carboxylic acids is 1. The van der Waals surface area contributed by atoms with Crippen molar-refractivity contribution in [1.82, 2.24) is 15.4 Å². The molecule has 0 saturated heterocycles. The number of hydrogen-bond donors (Lipinski definition) is 0. The van der Waals surface area contributed by atoms with E-state index in [-0.39, 0.29) is 28.8 Å². The number of sulfone groups is 1. The van der Waals surface area contributed by atoms with Crippen LogP contribution in [0.4, 0.5) is 0 Å². The molecular weight excluding hydrogens is 434 g/mol. The van der Waals surface area contributed by atoms with Gasteiger partial charge in [-0.15, -0.1) is 10.2 Å². The number of benzene rings is 2. The van der Waals surface area contributed by atoms with Gasteiger partial charge in [0, 0.05) is 11.8 Å². The lowest BCUT2D eigenvalue weighted by Crippen LogP contribution is -2.09. The Kier molecular flexibility index (Phi) is 5.62. The summed E-state index contributed by atoms with van der Waals surface area (Å²) in [5.74, 6) is 0.0666. The first kappa shape index (κ1) is 21.4. The van der Waals surface area contributed by atoms with Crippen molar-refractivity contribution in [3.05, 3.63) is 71.3 Å². The monoisotopic (exact) mass is 453 g/mol. The molecule has 0 amide bonds. The molecule has 4 rings (SSSR count). The normalized spacial score (nSPS) is 11.5. The Morgan fingerprint density at radius 3 is 2.53 bits per heavy atom. The highest BCUT2D eigenvalue weighted by molar-refractivity contribution is 7.90. The van der Waals surface area contributed by atoms with E-state index in [4.69, 9.17) is 13.7 Å². The summed E-state index contributed by atoms with van der Waals surface area (Å²) in [5.41, 5.74) is 2.67. The summed E-state index contributed by atoms with van der Waals surface area (Å²) in [6.07, 6.45) is 1.07. The third kappa shape index (κ3) is 4.30. The van der Waals surface area contributed by atoms with E-state index in [2.05, 4.69) is 15.4 Å². The van der Waals surface area contributed by atoms with Crippen molar-refractivity contribution in [2.24, 2.45) is 0 Å². The van der Waals surface area contributed by atoms with Gasteiger partial charge in [0.15, 0.2) is 16.4 Å². The second-order valence-electron chi connectivity index (χ2n) is 7.15. The summed E-state index contributed by atoms with van der Waals surface area (Å²) in [7, 11) is -3.46. The Bertz CT molecular complexity index is 1390. The van der Waals surface area contributed by atoms with Crippen LogP contribution in [0.3, 0.4) is 0 Å². The molecular formula is C22H19N3O6S. The number of rotatable bonds is 6. The maximum absolute atomic E-state index is 12.5. The molecule has 0 aliphatic rings. The maximum Gasteiger partial charge on any atom is 0.338 e. The number of carbonyl (C=O) groups is 1. The number of hydrogen-bond acceptors (Lipinski definition) is 9. The fourth-order valence-corrected chi connectivity index (χ4v) is 3.73. The van der Waals surface area contributed by atoms with E-state index in [1.54, 1.807) is 19.9 Å². The standard InChI is InChI=1S/C22H19N3O6S/c1-13-9-10-16(32(3,27)28)11-17(13)22(26)29-12-18-23-24-21(30-18)19-14(2)31-25-20(19)15-7-5-4-6-8-15/h4-11H,12H2,1-3H3. The van der Waals surface area contributed by atoms with Gasteiger partial charge in [0.25, 0.3) is 11.8 Å². The van der Waals surface area contributed by atoms with Crippen LogP contribution in [0.2, 0.25) is 0 Å². The molecule has 4 aromatic rings. The number of esters is 1. The van der Waals surface area contributed by atoms with E-state index in [1.807, 2.05) is 30.3 Å². The lowest BCUT2D eigenvalue weighted by Gasteiger charge is -2.07. The minimum absolute atomic E-state index is 0.0338. The molecule has 0 unspecified atom stereocenters. The molecule has 32 heavy (non-hydrogen) atoms. The highest BCUT2D eigenvalue weighted by Gasteiger charge is 2.23. The zero-order valence-corrected chi connectivity index (χ0v) is 18.3. The summed E-state index contributed by atoms with van der Waals surface area (Å²) in [6.45, 7) is 3.14. The highest BCUT2D eigenvalue weighted by Crippen LogP contribution is 2.33. The Labute approximate surface area is 183 Å². The van der Waals surface area contributed by atoms with Crippen LogP contribution in [-0.2, 0) is 21.2 Å². The molecule has 9 nitrogen and oxygen atoms in total. The average molecular weight is 453 g/mol. The number of aryl methyl sites for hydroxylation is 2. The summed E-state index contributed by atoms with van der Waals surface area (Å²) < 4.78 is 39.8. The van der Waals surface area contributed by atoms with Gasteiger partial charge < -0.3 is 13.7 Å². The summed E-state index contributed by atoms with van der Waals surface area (Å²) in [5, 5.41) is 12.1. The first-order chi connectivity index (χ1) is 15.2. The summed E-state index contributed by atoms with van der Waals surface area (Å²) >= 11 is 0. The van der Waals surface area contributed by atoms with Crippen LogP contribution in [0, 0.1) is 13.8 Å². The molecule has 0 radical (unpaired) electrons. The maximum atomic E-state index is 12.5. The molecule has 0 saturated carbocycles. The molecule has 2 aromatic heterocycles. The van der Waals surface area contributed by atoms with Crippen molar-refractivity contribution in [3.63, 3.8) is 0 Å². The fraction of sp³-hybridized carbons (Fsp3) is 0.182. The lowest BCUT2D eigenvalue weighted by molar-refractivity contribution is 0.0437. The van der Waals surface area contributed by atoms with E-state index < -0.39 is 15.8 Å². The molecule has 0 spiro atoms. The van der Waals surface area contributed by atoms with Crippen molar-refractivity contribution in [2.75, 3.05) is 6.26 Å². The van der Waals surface area contributed by atoms with Gasteiger partial charge in [-0.3, -0.25) is 0 Å². The van der Waals surface area contributed by atoms with Gasteiger partial charge in [0.1, 0.15) is 17.0 Å². The zero-order chi connectivity index (χ0) is 22.9. The van der Waals surface area contributed by atoms with Crippen molar-refractivity contribution in [2.45, 2.75) is 25.3 Å². The molecule has 2 aromatic carbocycles. The molecule has 0 aliphatic heterocycles. The van der Waals surface area contributed by atoms with Crippen LogP contribution < -0.4 is 0 Å². The Morgan fingerprint density at radius 2 is 1.81 bits per heavy atom. The van der Waals surface area contributed by atoms with Gasteiger partial charge >= 0.3 is 5.97 Å². The average Bonchev–Trinajstić information content (AvgIpc) is 3.38. The SMILES string of the molecule is Cc1ccc(S(C)(=O)=O)cc1C(=O)OCc1nnc(-c2c(-c3ccccc3)noc2C)o1. The smallest absolute Gasteiger partial charge is 0.338 e. The van der Waals surface area contributed by atoms with Crippen molar-refractivity contribution in [3.8, 4) is 22.7 Å². The minimum atomic E-state index is -3.46. The topological polar surface area (TPSA) is 125 Å². The van der Waals surface area contributed by atoms with E-state index in [1.165, 1.54) is 12.1 Å². The van der Waals surface area contributed by atoms with Crippen LogP contribution in [0.5, 0.6) is 0 Å². The Balaban J connectivity index is 1.54. The van der Waals surface area contributed by atoms with Crippen molar-refractivity contribution < 1.29 is 26.9 Å². The largest absolute Gasteiger partial charge is 0.452 e. The Morgan fingerprint density at radius 1 is 1.06 bits per heavy atom. The number of aromatic nitrogens is 3. The van der Waals surface area contributed by atoms with Crippen LogP contribution >= 0.6 is 0 Å². The van der Waals surface area contributed by atoms with Gasteiger partial charge in [-0.1, -0.05) is 41.6 Å². The van der Waals surface area contributed by atoms with Crippen molar-refractivity contribution >= 4 is 15.8 Å². The highest BCUT2D eigenvalue weighted by atomic mass is 32.2. The van der Waals surface area contributed by atoms with E-state index in [0.717, 1.165) is 11.8 Å². The summed E-state index contributed by atoms with van der Waals surface area (Å²) in [4.78, 5) is 12.5. The predicted octanol–water partition coefficient (Wildman–Crippen LogP) is 3.77. The van der Waals surface area contributed by atoms with Gasteiger partial charge in [-0.2, -0.15) is 0 Å². The lowest BCUT2D eigenvalue weighted by atomic mass is 10.1. The van der Waals surface area contributed by atoms with Gasteiger partial charge in [-0.25, -0.2) is 13.2 Å². The molecule has 164 valence electrons.